The number of aryl methyl sites for hydroxylation is 1. The third-order valence-corrected chi connectivity index (χ3v) is 6.92. The molecule has 0 aliphatic rings. The van der Waals surface area contributed by atoms with Gasteiger partial charge in [-0.2, -0.15) is 0 Å². The van der Waals surface area contributed by atoms with Crippen LogP contribution in [0, 0.1) is 5.82 Å². The van der Waals surface area contributed by atoms with Crippen molar-refractivity contribution in [1.82, 2.24) is 4.57 Å². The van der Waals surface area contributed by atoms with Gasteiger partial charge in [0.15, 0.2) is 5.43 Å². The van der Waals surface area contributed by atoms with Gasteiger partial charge in [0.1, 0.15) is 22.9 Å². The minimum absolute atomic E-state index is 0.121. The Balaban J connectivity index is 1.99. The van der Waals surface area contributed by atoms with Crippen LogP contribution in [-0.4, -0.2) is 35.5 Å². The number of ether oxygens (including phenoxy) is 2. The number of phosphoric acid groups is 1. The van der Waals surface area contributed by atoms with Crippen molar-refractivity contribution in [1.29, 1.82) is 0 Å². The lowest BCUT2D eigenvalue weighted by molar-refractivity contribution is -0.339. The van der Waals surface area contributed by atoms with Gasteiger partial charge in [-0.15, -0.1) is 9.35 Å². The van der Waals surface area contributed by atoms with E-state index in [0.29, 0.717) is 30.1 Å². The topological polar surface area (TPSA) is 121 Å². The van der Waals surface area contributed by atoms with Gasteiger partial charge in [0.2, 0.25) is 0 Å². The molecule has 11 nitrogen and oxygen atoms in total. The zero-order valence-electron chi connectivity index (χ0n) is 25.7. The third kappa shape index (κ3) is 9.35. The molecule has 0 N–H and O–H groups in total. The zero-order chi connectivity index (χ0) is 32.0. The van der Waals surface area contributed by atoms with Crippen molar-refractivity contribution in [3.8, 4) is 22.6 Å². The number of benzene rings is 2. The predicted octanol–water partition coefficient (Wildman–Crippen LogP) is 7.14. The molecule has 0 bridgehead atoms. The van der Waals surface area contributed by atoms with Gasteiger partial charge in [0.05, 0.1) is 30.2 Å². The highest BCUT2D eigenvalue weighted by atomic mass is 31.2. The number of fused-ring (bicyclic) bond motifs is 1. The second kappa shape index (κ2) is 14.0. The minimum Gasteiger partial charge on any atom is -0.497 e. The lowest BCUT2D eigenvalue weighted by Gasteiger charge is -2.27. The highest BCUT2D eigenvalue weighted by Crippen LogP contribution is 2.52. The third-order valence-electron chi connectivity index (χ3n) is 5.92. The number of halogens is 1. The molecular weight excluding hydrogens is 584 g/mol. The molecule has 3 aromatic rings. The Labute approximate surface area is 250 Å². The number of aromatic nitrogens is 1. The second-order valence-corrected chi connectivity index (χ2v) is 12.8. The zero-order valence-corrected chi connectivity index (χ0v) is 26.6. The van der Waals surface area contributed by atoms with E-state index in [1.165, 1.54) is 19.2 Å². The van der Waals surface area contributed by atoms with Crippen LogP contribution in [0.25, 0.3) is 22.0 Å². The molecule has 0 saturated heterocycles. The van der Waals surface area contributed by atoms with Crippen LogP contribution in [0.1, 0.15) is 61.3 Å². The summed E-state index contributed by atoms with van der Waals surface area (Å²) in [7, 11) is -3.08. The quantitative estimate of drug-likeness (QED) is 0.104. The molecule has 1 heterocycles. The van der Waals surface area contributed by atoms with Gasteiger partial charge in [-0.1, -0.05) is 19.1 Å². The fourth-order valence-corrected chi connectivity index (χ4v) is 4.89. The largest absolute Gasteiger partial charge is 0.587 e. The molecule has 2 aromatic carbocycles. The molecule has 236 valence electrons. The van der Waals surface area contributed by atoms with E-state index in [9.17, 15) is 14.2 Å². The second-order valence-electron chi connectivity index (χ2n) is 11.4. The van der Waals surface area contributed by atoms with E-state index < -0.39 is 36.2 Å². The van der Waals surface area contributed by atoms with Crippen molar-refractivity contribution in [2.45, 2.75) is 79.1 Å². The van der Waals surface area contributed by atoms with Crippen LogP contribution in [0.2, 0.25) is 0 Å². The summed E-state index contributed by atoms with van der Waals surface area (Å²) in [5.74, 6) is -0.674. The van der Waals surface area contributed by atoms with Gasteiger partial charge in [0, 0.05) is 25.2 Å². The summed E-state index contributed by atoms with van der Waals surface area (Å²) in [6, 6.07) is 9.55. The normalized spacial score (nSPS) is 13.5. The van der Waals surface area contributed by atoms with E-state index in [2.05, 4.69) is 0 Å². The summed E-state index contributed by atoms with van der Waals surface area (Å²) in [6.07, 6.45) is 2.53. The summed E-state index contributed by atoms with van der Waals surface area (Å²) < 4.78 is 55.7. The smallest absolute Gasteiger partial charge is 0.497 e. The van der Waals surface area contributed by atoms with Crippen molar-refractivity contribution in [2.75, 3.05) is 13.7 Å². The maximum absolute atomic E-state index is 15.3. The lowest BCUT2D eigenvalue weighted by atomic mass is 10.0. The summed E-state index contributed by atoms with van der Waals surface area (Å²) in [4.78, 5) is 35.7. The molecule has 43 heavy (non-hydrogen) atoms. The SMILES string of the molecule is CCCOc1ccc(F)c2c(=O)c(-c3ccc(OC)cc3)cn(CCC(C)(C)OOP(=O)(OOC(C)(C)C)OC(C)=O)c12. The van der Waals surface area contributed by atoms with Crippen LogP contribution in [0.5, 0.6) is 11.5 Å². The van der Waals surface area contributed by atoms with Crippen LogP contribution in [-0.2, 0) is 39.6 Å². The monoisotopic (exact) mass is 623 g/mol. The summed E-state index contributed by atoms with van der Waals surface area (Å²) in [6.45, 7) is 11.7. The van der Waals surface area contributed by atoms with Crippen LogP contribution in [0.3, 0.4) is 0 Å². The number of rotatable bonds is 14. The number of hydrogen-bond donors (Lipinski definition) is 0. The number of methoxy groups -OCH3 is 1. The molecule has 0 aliphatic carbocycles. The molecule has 3 rings (SSSR count). The average Bonchev–Trinajstić information content (AvgIpc) is 2.94. The van der Waals surface area contributed by atoms with Crippen molar-refractivity contribution in [3.05, 3.63) is 58.6 Å². The molecule has 0 radical (unpaired) electrons. The molecule has 1 atom stereocenters. The first-order chi connectivity index (χ1) is 20.1. The van der Waals surface area contributed by atoms with Crippen molar-refractivity contribution in [2.24, 2.45) is 0 Å². The standard InChI is InChI=1S/C30H39FNO10P/c1-9-18-37-25-15-14-24(31)26-27(25)32(19-23(28(26)34)21-10-12-22(36-8)13-11-21)17-16-30(6,7)40-42-43(35,38-20(2)33)41-39-29(3,4)5/h10-15,19H,9,16-18H2,1-8H3. The first-order valence-corrected chi connectivity index (χ1v) is 15.2. The molecule has 0 spiro atoms. The molecule has 0 fully saturated rings. The Bertz CT molecular complexity index is 1530. The van der Waals surface area contributed by atoms with E-state index in [1.54, 1.807) is 69.6 Å². The maximum atomic E-state index is 15.3. The van der Waals surface area contributed by atoms with Gasteiger partial charge in [0.25, 0.3) is 0 Å². The van der Waals surface area contributed by atoms with Gasteiger partial charge >= 0.3 is 13.8 Å². The molecule has 0 amide bonds. The fourth-order valence-electron chi connectivity index (χ4n) is 3.88. The van der Waals surface area contributed by atoms with E-state index in [0.717, 1.165) is 6.92 Å². The van der Waals surface area contributed by atoms with Crippen LogP contribution in [0.4, 0.5) is 4.39 Å². The van der Waals surface area contributed by atoms with E-state index in [1.807, 2.05) is 6.92 Å². The fraction of sp³-hybridized carbons (Fsp3) is 0.467. The maximum Gasteiger partial charge on any atom is 0.587 e. The average molecular weight is 624 g/mol. The summed E-state index contributed by atoms with van der Waals surface area (Å²) in [5, 5.41) is -0.121. The Morgan fingerprint density at radius 2 is 1.65 bits per heavy atom. The molecule has 0 aliphatic heterocycles. The first kappa shape index (κ1) is 34.2. The van der Waals surface area contributed by atoms with Crippen molar-refractivity contribution in [3.63, 3.8) is 0 Å². The summed E-state index contributed by atoms with van der Waals surface area (Å²) in [5.41, 5.74) is -1.43. The number of nitrogens with zero attached hydrogens (tertiary/aromatic N) is 1. The highest BCUT2D eigenvalue weighted by molar-refractivity contribution is 7.48. The van der Waals surface area contributed by atoms with Crippen LogP contribution < -0.4 is 14.9 Å². The van der Waals surface area contributed by atoms with Gasteiger partial charge < -0.3 is 18.6 Å². The number of hydrogen-bond acceptors (Lipinski definition) is 10. The van der Waals surface area contributed by atoms with Gasteiger partial charge in [-0.05, 0) is 77.3 Å². The number of carbonyl (C=O) groups excluding carboxylic acids is 1. The Morgan fingerprint density at radius 3 is 2.23 bits per heavy atom. The van der Waals surface area contributed by atoms with Gasteiger partial charge in [-0.3, -0.25) is 9.59 Å². The Kier molecular flexibility index (Phi) is 11.1. The molecule has 13 heteroatoms. The van der Waals surface area contributed by atoms with E-state index in [4.69, 9.17) is 33.1 Å². The van der Waals surface area contributed by atoms with Crippen molar-refractivity contribution < 1.29 is 46.9 Å². The first-order valence-electron chi connectivity index (χ1n) is 13.8. The Hall–Kier alpha value is -3.28. The molecule has 0 saturated carbocycles. The minimum atomic E-state index is -4.61. The highest BCUT2D eigenvalue weighted by Gasteiger charge is 2.38. The number of carbonyl (C=O) groups is 1. The molecule has 1 aromatic heterocycles. The lowest BCUT2D eigenvalue weighted by Crippen LogP contribution is -2.28. The summed E-state index contributed by atoms with van der Waals surface area (Å²) >= 11 is 0. The Morgan fingerprint density at radius 1 is 1.00 bits per heavy atom. The van der Waals surface area contributed by atoms with E-state index in [-0.39, 0.29) is 29.4 Å². The number of pyridine rings is 1. The predicted molar refractivity (Wildman–Crippen MR) is 158 cm³/mol. The van der Waals surface area contributed by atoms with Gasteiger partial charge in [-0.25, -0.2) is 18.7 Å². The van der Waals surface area contributed by atoms with Crippen LogP contribution in [0.15, 0.2) is 47.4 Å². The molecular formula is C30H39FNO10P. The van der Waals surface area contributed by atoms with E-state index >= 15 is 4.39 Å². The van der Waals surface area contributed by atoms with Crippen LogP contribution >= 0.6 is 7.82 Å². The van der Waals surface area contributed by atoms with Crippen molar-refractivity contribution >= 4 is 24.7 Å². The molecule has 1 unspecified atom stereocenters.